The molecular formula is C24H26ClN3O3. The van der Waals surface area contributed by atoms with Gasteiger partial charge in [0.1, 0.15) is 0 Å². The molecule has 0 bridgehead atoms. The van der Waals surface area contributed by atoms with Crippen LogP contribution < -0.4 is 11.1 Å². The van der Waals surface area contributed by atoms with Crippen molar-refractivity contribution in [2.24, 2.45) is 11.7 Å². The fourth-order valence-electron chi connectivity index (χ4n) is 4.25. The zero-order valence-corrected chi connectivity index (χ0v) is 17.9. The Hall–Kier alpha value is -2.83. The van der Waals surface area contributed by atoms with Gasteiger partial charge in [-0.05, 0) is 60.8 Å². The molecule has 2 aromatic carbocycles. The lowest BCUT2D eigenvalue weighted by Crippen LogP contribution is -2.16. The molecular weight excluding hydrogens is 414 g/mol. The number of carbonyl (C=O) groups is 1. The number of oxazole rings is 1. The third-order valence-corrected chi connectivity index (χ3v) is 6.36. The number of rotatable bonds is 7. The van der Waals surface area contributed by atoms with E-state index in [4.69, 9.17) is 26.9 Å². The Balaban J connectivity index is 1.38. The molecule has 3 aromatic rings. The minimum Gasteiger partial charge on any atom is -0.481 e. The van der Waals surface area contributed by atoms with Gasteiger partial charge in [0.05, 0.1) is 6.20 Å². The zero-order chi connectivity index (χ0) is 21.8. The maximum atomic E-state index is 10.9. The van der Waals surface area contributed by atoms with Gasteiger partial charge in [0.25, 0.3) is 6.01 Å². The van der Waals surface area contributed by atoms with Crippen LogP contribution in [0.15, 0.2) is 53.1 Å². The minimum atomic E-state index is -0.690. The highest BCUT2D eigenvalue weighted by atomic mass is 35.5. The maximum Gasteiger partial charge on any atom is 0.303 e. The van der Waals surface area contributed by atoms with Gasteiger partial charge in [-0.3, -0.25) is 4.79 Å². The van der Waals surface area contributed by atoms with Crippen molar-refractivity contribution in [1.29, 1.82) is 0 Å². The van der Waals surface area contributed by atoms with Crippen molar-refractivity contribution >= 4 is 29.3 Å². The number of hydrogen-bond donors (Lipinski definition) is 3. The van der Waals surface area contributed by atoms with Gasteiger partial charge in [0, 0.05) is 29.2 Å². The van der Waals surface area contributed by atoms with E-state index < -0.39 is 5.97 Å². The molecule has 31 heavy (non-hydrogen) atoms. The zero-order valence-electron chi connectivity index (χ0n) is 17.2. The average Bonchev–Trinajstić information content (AvgIpc) is 3.23. The van der Waals surface area contributed by atoms with Crippen LogP contribution >= 0.6 is 11.6 Å². The van der Waals surface area contributed by atoms with E-state index in [1.165, 1.54) is 5.56 Å². The van der Waals surface area contributed by atoms with E-state index in [1.54, 1.807) is 12.3 Å². The largest absolute Gasteiger partial charge is 0.481 e. The van der Waals surface area contributed by atoms with Crippen LogP contribution in [0.1, 0.15) is 49.1 Å². The number of halogens is 1. The highest BCUT2D eigenvalue weighted by Crippen LogP contribution is 2.37. The molecule has 1 aliphatic carbocycles. The van der Waals surface area contributed by atoms with Crippen LogP contribution in [-0.4, -0.2) is 16.1 Å². The first kappa shape index (κ1) is 21.4. The molecule has 1 heterocycles. The number of nitrogens with one attached hydrogen (secondary N) is 1. The molecule has 1 fully saturated rings. The van der Waals surface area contributed by atoms with Crippen molar-refractivity contribution in [3.05, 3.63) is 64.8 Å². The second kappa shape index (κ2) is 9.54. The first-order chi connectivity index (χ1) is 15.0. The van der Waals surface area contributed by atoms with Gasteiger partial charge in [-0.2, -0.15) is 0 Å². The standard InChI is InChI=1S/C24H26ClN3O3/c25-21-12-20(10-9-19(21)13-26)28-24-27-14-22(31-24)18-7-5-17(6-8-18)16-3-1-15(2-4-16)11-23(29)30/h5-10,12,14-16H,1-4,11,13,26H2,(H,27,28)(H,29,30). The summed E-state index contributed by atoms with van der Waals surface area (Å²) < 4.78 is 5.86. The molecule has 162 valence electrons. The van der Waals surface area contributed by atoms with Crippen molar-refractivity contribution in [3.63, 3.8) is 0 Å². The van der Waals surface area contributed by atoms with Gasteiger partial charge < -0.3 is 20.6 Å². The SMILES string of the molecule is NCc1ccc(Nc2ncc(-c3ccc(C4CCC(CC(=O)O)CC4)cc3)o2)cc1Cl. The Morgan fingerprint density at radius 3 is 2.55 bits per heavy atom. The Morgan fingerprint density at radius 2 is 1.90 bits per heavy atom. The van der Waals surface area contributed by atoms with Crippen molar-refractivity contribution in [2.75, 3.05) is 5.32 Å². The molecule has 1 aromatic heterocycles. The van der Waals surface area contributed by atoms with Crippen molar-refractivity contribution < 1.29 is 14.3 Å². The van der Waals surface area contributed by atoms with Gasteiger partial charge in [0.2, 0.25) is 0 Å². The fourth-order valence-corrected chi connectivity index (χ4v) is 4.50. The summed E-state index contributed by atoms with van der Waals surface area (Å²) in [5.41, 5.74) is 9.57. The summed E-state index contributed by atoms with van der Waals surface area (Å²) in [6, 6.07) is 14.3. The average molecular weight is 440 g/mol. The van der Waals surface area contributed by atoms with Gasteiger partial charge in [-0.15, -0.1) is 0 Å². The number of nitrogens with zero attached hydrogens (tertiary/aromatic N) is 1. The van der Waals surface area contributed by atoms with Crippen molar-refractivity contribution in [1.82, 2.24) is 4.98 Å². The van der Waals surface area contributed by atoms with Crippen LogP contribution in [0.3, 0.4) is 0 Å². The lowest BCUT2D eigenvalue weighted by atomic mass is 9.77. The Bertz CT molecular complexity index is 1040. The second-order valence-electron chi connectivity index (χ2n) is 8.10. The third kappa shape index (κ3) is 5.27. The van der Waals surface area contributed by atoms with Gasteiger partial charge in [0.15, 0.2) is 5.76 Å². The molecule has 0 unspecified atom stereocenters. The molecule has 1 saturated carbocycles. The Kier molecular flexibility index (Phi) is 6.59. The molecule has 4 N–H and O–H groups in total. The summed E-state index contributed by atoms with van der Waals surface area (Å²) in [5, 5.41) is 12.7. The van der Waals surface area contributed by atoms with Crippen molar-refractivity contribution in [3.8, 4) is 11.3 Å². The molecule has 0 radical (unpaired) electrons. The van der Waals surface area contributed by atoms with E-state index in [0.717, 1.165) is 42.5 Å². The number of benzene rings is 2. The summed E-state index contributed by atoms with van der Waals surface area (Å²) in [7, 11) is 0. The number of anilines is 2. The highest BCUT2D eigenvalue weighted by molar-refractivity contribution is 6.31. The first-order valence-electron chi connectivity index (χ1n) is 10.6. The van der Waals surface area contributed by atoms with E-state index in [2.05, 4.69) is 34.6 Å². The molecule has 6 nitrogen and oxygen atoms in total. The predicted molar refractivity (Wildman–Crippen MR) is 122 cm³/mol. The molecule has 0 saturated heterocycles. The number of hydrogen-bond acceptors (Lipinski definition) is 5. The van der Waals surface area contributed by atoms with Crippen LogP contribution in [-0.2, 0) is 11.3 Å². The molecule has 1 aliphatic rings. The summed E-state index contributed by atoms with van der Waals surface area (Å²) in [4.78, 5) is 15.2. The normalized spacial score (nSPS) is 18.6. The quantitative estimate of drug-likeness (QED) is 0.420. The van der Waals surface area contributed by atoms with Crippen LogP contribution in [0.2, 0.25) is 5.02 Å². The van der Waals surface area contributed by atoms with Gasteiger partial charge in [-0.25, -0.2) is 4.98 Å². The Labute approximate surface area is 186 Å². The lowest BCUT2D eigenvalue weighted by Gasteiger charge is -2.28. The lowest BCUT2D eigenvalue weighted by molar-refractivity contribution is -0.138. The smallest absolute Gasteiger partial charge is 0.303 e. The van der Waals surface area contributed by atoms with E-state index in [9.17, 15) is 4.79 Å². The number of aromatic nitrogens is 1. The monoisotopic (exact) mass is 439 g/mol. The predicted octanol–water partition coefficient (Wildman–Crippen LogP) is 5.95. The summed E-state index contributed by atoms with van der Waals surface area (Å²) in [6.45, 7) is 0.391. The topological polar surface area (TPSA) is 101 Å². The number of carboxylic acid groups (broad SMARTS) is 1. The van der Waals surface area contributed by atoms with E-state index in [1.807, 2.05) is 12.1 Å². The molecule has 0 amide bonds. The molecule has 0 spiro atoms. The highest BCUT2D eigenvalue weighted by Gasteiger charge is 2.24. The van der Waals surface area contributed by atoms with Crippen LogP contribution in [0.4, 0.5) is 11.7 Å². The Morgan fingerprint density at radius 1 is 1.16 bits per heavy atom. The minimum absolute atomic E-state index is 0.289. The maximum absolute atomic E-state index is 10.9. The first-order valence-corrected chi connectivity index (χ1v) is 10.9. The molecule has 0 aliphatic heterocycles. The number of carboxylic acids is 1. The molecule has 0 atom stereocenters. The second-order valence-corrected chi connectivity index (χ2v) is 8.51. The van der Waals surface area contributed by atoms with E-state index in [0.29, 0.717) is 35.2 Å². The number of nitrogens with two attached hydrogens (primary N) is 1. The van der Waals surface area contributed by atoms with E-state index in [-0.39, 0.29) is 6.42 Å². The van der Waals surface area contributed by atoms with Gasteiger partial charge in [-0.1, -0.05) is 41.9 Å². The van der Waals surface area contributed by atoms with Crippen LogP contribution in [0.5, 0.6) is 0 Å². The number of aliphatic carboxylic acids is 1. The molecule has 7 heteroatoms. The van der Waals surface area contributed by atoms with Crippen LogP contribution in [0.25, 0.3) is 11.3 Å². The fraction of sp³-hybridized carbons (Fsp3) is 0.333. The third-order valence-electron chi connectivity index (χ3n) is 6.01. The summed E-state index contributed by atoms with van der Waals surface area (Å²) in [6.07, 6.45) is 6.03. The molecule has 4 rings (SSSR count). The van der Waals surface area contributed by atoms with Crippen LogP contribution in [0, 0.1) is 5.92 Å². The summed E-state index contributed by atoms with van der Waals surface area (Å²) >= 11 is 6.21. The summed E-state index contributed by atoms with van der Waals surface area (Å²) in [5.74, 6) is 0.801. The van der Waals surface area contributed by atoms with E-state index >= 15 is 0 Å². The van der Waals surface area contributed by atoms with Gasteiger partial charge >= 0.3 is 5.97 Å². The van der Waals surface area contributed by atoms with Crippen molar-refractivity contribution in [2.45, 2.75) is 44.6 Å².